The first-order chi connectivity index (χ1) is 11.5. The molecule has 1 aliphatic carbocycles. The van der Waals surface area contributed by atoms with Crippen LogP contribution in [-0.4, -0.2) is 56.6 Å². The van der Waals surface area contributed by atoms with Crippen LogP contribution >= 0.6 is 0 Å². The number of piperazine rings is 1. The van der Waals surface area contributed by atoms with Crippen molar-refractivity contribution in [2.45, 2.75) is 56.5 Å². The summed E-state index contributed by atoms with van der Waals surface area (Å²) in [5, 5.41) is 0. The molecule has 0 unspecified atom stereocenters. The van der Waals surface area contributed by atoms with Gasteiger partial charge in [-0.2, -0.15) is 0 Å². The summed E-state index contributed by atoms with van der Waals surface area (Å²) in [5.41, 5.74) is 0. The molecule has 1 saturated heterocycles. The molecule has 7 heteroatoms. The number of sulfonamides is 1. The Labute approximate surface area is 145 Å². The predicted octanol–water partition coefficient (Wildman–Crippen LogP) is 1.83. The monoisotopic (exact) mass is 352 g/mol. The maximum atomic E-state index is 12.1. The van der Waals surface area contributed by atoms with Gasteiger partial charge in [0.1, 0.15) is 10.7 Å². The van der Waals surface area contributed by atoms with E-state index in [1.165, 1.54) is 31.9 Å². The van der Waals surface area contributed by atoms with Crippen molar-refractivity contribution in [2.24, 2.45) is 0 Å². The number of aromatic nitrogens is 1. The van der Waals surface area contributed by atoms with E-state index in [9.17, 15) is 8.42 Å². The van der Waals surface area contributed by atoms with Crippen molar-refractivity contribution in [2.75, 3.05) is 31.1 Å². The molecule has 0 spiro atoms. The Balaban J connectivity index is 1.60. The first kappa shape index (κ1) is 17.6. The fourth-order valence-electron chi connectivity index (χ4n) is 3.68. The summed E-state index contributed by atoms with van der Waals surface area (Å²) in [6.45, 7) is 7.68. The van der Waals surface area contributed by atoms with Gasteiger partial charge in [0.2, 0.25) is 10.0 Å². The van der Waals surface area contributed by atoms with Crippen molar-refractivity contribution in [3.05, 3.63) is 18.3 Å². The lowest BCUT2D eigenvalue weighted by molar-refractivity contribution is 0.187. The van der Waals surface area contributed by atoms with Crippen LogP contribution in [0.15, 0.2) is 23.2 Å². The molecule has 0 aromatic carbocycles. The molecule has 1 aromatic heterocycles. The van der Waals surface area contributed by atoms with Gasteiger partial charge in [0.25, 0.3) is 0 Å². The summed E-state index contributed by atoms with van der Waals surface area (Å²) >= 11 is 0. The molecule has 2 aliphatic rings. The van der Waals surface area contributed by atoms with Crippen LogP contribution in [0.2, 0.25) is 0 Å². The zero-order valence-corrected chi connectivity index (χ0v) is 15.4. The molecular formula is C17H28N4O2S. The fraction of sp³-hybridized carbons (Fsp3) is 0.706. The minimum absolute atomic E-state index is 0.127. The zero-order chi connectivity index (χ0) is 17.2. The van der Waals surface area contributed by atoms with Gasteiger partial charge in [-0.3, -0.25) is 4.90 Å². The summed E-state index contributed by atoms with van der Waals surface area (Å²) in [5.74, 6) is 0.865. The average Bonchev–Trinajstić information content (AvgIpc) is 3.08. The highest BCUT2D eigenvalue weighted by atomic mass is 32.2. The molecule has 2 fully saturated rings. The second kappa shape index (κ2) is 7.37. The highest BCUT2D eigenvalue weighted by Crippen LogP contribution is 2.25. The van der Waals surface area contributed by atoms with E-state index in [-0.39, 0.29) is 10.9 Å². The van der Waals surface area contributed by atoms with Gasteiger partial charge in [-0.25, -0.2) is 18.1 Å². The lowest BCUT2D eigenvalue weighted by Crippen LogP contribution is -2.50. The Morgan fingerprint density at radius 2 is 1.79 bits per heavy atom. The molecule has 1 aromatic rings. The molecule has 134 valence electrons. The summed E-state index contributed by atoms with van der Waals surface area (Å²) in [4.78, 5) is 9.47. The Bertz CT molecular complexity index is 631. The summed E-state index contributed by atoms with van der Waals surface area (Å²) in [7, 11) is -3.47. The number of hydrogen-bond acceptors (Lipinski definition) is 5. The summed E-state index contributed by atoms with van der Waals surface area (Å²) in [6.07, 6.45) is 6.88. The topological polar surface area (TPSA) is 65.5 Å². The number of rotatable bonds is 5. The summed E-state index contributed by atoms with van der Waals surface area (Å²) in [6, 6.07) is 4.12. The van der Waals surface area contributed by atoms with E-state index in [0.29, 0.717) is 0 Å². The van der Waals surface area contributed by atoms with Crippen LogP contribution < -0.4 is 9.62 Å². The van der Waals surface area contributed by atoms with Crippen LogP contribution in [0, 0.1) is 0 Å². The maximum absolute atomic E-state index is 12.1. The van der Waals surface area contributed by atoms with Gasteiger partial charge in [-0.05, 0) is 38.8 Å². The van der Waals surface area contributed by atoms with Gasteiger partial charge in [-0.1, -0.05) is 12.8 Å². The Morgan fingerprint density at radius 3 is 2.33 bits per heavy atom. The van der Waals surface area contributed by atoms with Gasteiger partial charge in [0, 0.05) is 44.5 Å². The van der Waals surface area contributed by atoms with E-state index in [2.05, 4.69) is 19.5 Å². The fourth-order valence-corrected chi connectivity index (χ4v) is 4.88. The third-order valence-electron chi connectivity index (χ3n) is 4.90. The summed E-state index contributed by atoms with van der Waals surface area (Å²) < 4.78 is 26.9. The molecule has 24 heavy (non-hydrogen) atoms. The molecule has 0 amide bonds. The lowest BCUT2D eigenvalue weighted by Gasteiger charge is -2.38. The molecule has 0 radical (unpaired) electrons. The Morgan fingerprint density at radius 1 is 1.12 bits per heavy atom. The van der Waals surface area contributed by atoms with Crippen LogP contribution in [0.4, 0.5) is 5.82 Å². The van der Waals surface area contributed by atoms with E-state index in [1.807, 2.05) is 19.9 Å². The molecule has 0 atom stereocenters. The number of anilines is 1. The van der Waals surface area contributed by atoms with E-state index in [4.69, 9.17) is 0 Å². The van der Waals surface area contributed by atoms with Crippen molar-refractivity contribution in [3.8, 4) is 0 Å². The first-order valence-corrected chi connectivity index (χ1v) is 10.4. The molecular weight excluding hydrogens is 324 g/mol. The van der Waals surface area contributed by atoms with E-state index in [1.54, 1.807) is 6.07 Å². The second-order valence-electron chi connectivity index (χ2n) is 7.09. The molecule has 1 aliphatic heterocycles. The second-order valence-corrected chi connectivity index (χ2v) is 8.80. The van der Waals surface area contributed by atoms with Crippen molar-refractivity contribution >= 4 is 15.8 Å². The smallest absolute Gasteiger partial charge is 0.242 e. The van der Waals surface area contributed by atoms with Gasteiger partial charge in [-0.15, -0.1) is 0 Å². The first-order valence-electron chi connectivity index (χ1n) is 8.93. The van der Waals surface area contributed by atoms with E-state index in [0.717, 1.165) is 38.0 Å². The van der Waals surface area contributed by atoms with Gasteiger partial charge in [0.05, 0.1) is 0 Å². The number of nitrogens with one attached hydrogen (secondary N) is 1. The van der Waals surface area contributed by atoms with Crippen LogP contribution in [-0.2, 0) is 10.0 Å². The molecule has 6 nitrogen and oxygen atoms in total. The van der Waals surface area contributed by atoms with Crippen LogP contribution in [0.25, 0.3) is 0 Å². The Kier molecular flexibility index (Phi) is 5.42. The van der Waals surface area contributed by atoms with E-state index >= 15 is 0 Å². The largest absolute Gasteiger partial charge is 0.354 e. The van der Waals surface area contributed by atoms with E-state index < -0.39 is 10.0 Å². The predicted molar refractivity (Wildman–Crippen MR) is 95.7 cm³/mol. The molecule has 3 rings (SSSR count). The molecule has 2 heterocycles. The lowest BCUT2D eigenvalue weighted by atomic mass is 10.2. The average molecular weight is 353 g/mol. The third kappa shape index (κ3) is 4.07. The van der Waals surface area contributed by atoms with Gasteiger partial charge < -0.3 is 4.90 Å². The number of nitrogens with zero attached hydrogens (tertiary/aromatic N) is 3. The standard InChI is InChI=1S/C17H28N4O2S/c1-14(2)19-24(22,23)16-7-8-17(18-13-16)21-11-9-20(10-12-21)15-5-3-4-6-15/h7-8,13-15,19H,3-6,9-12H2,1-2H3. The SMILES string of the molecule is CC(C)NS(=O)(=O)c1ccc(N2CCN(C3CCCC3)CC2)nc1. The minimum atomic E-state index is -3.47. The number of pyridine rings is 1. The van der Waals surface area contributed by atoms with Crippen LogP contribution in [0.3, 0.4) is 0 Å². The molecule has 1 N–H and O–H groups in total. The molecule has 0 bridgehead atoms. The van der Waals surface area contributed by atoms with Gasteiger partial charge >= 0.3 is 0 Å². The minimum Gasteiger partial charge on any atom is -0.354 e. The van der Waals surface area contributed by atoms with Crippen LogP contribution in [0.5, 0.6) is 0 Å². The van der Waals surface area contributed by atoms with Crippen molar-refractivity contribution in [3.63, 3.8) is 0 Å². The van der Waals surface area contributed by atoms with Crippen LogP contribution in [0.1, 0.15) is 39.5 Å². The maximum Gasteiger partial charge on any atom is 0.242 e. The highest BCUT2D eigenvalue weighted by Gasteiger charge is 2.26. The van der Waals surface area contributed by atoms with Crippen molar-refractivity contribution in [1.29, 1.82) is 0 Å². The van der Waals surface area contributed by atoms with Gasteiger partial charge in [0.15, 0.2) is 0 Å². The quantitative estimate of drug-likeness (QED) is 0.876. The third-order valence-corrected chi connectivity index (χ3v) is 6.55. The van der Waals surface area contributed by atoms with Crippen molar-refractivity contribution in [1.82, 2.24) is 14.6 Å². The molecule has 1 saturated carbocycles. The number of hydrogen-bond donors (Lipinski definition) is 1. The Hall–Kier alpha value is -1.18. The van der Waals surface area contributed by atoms with Crippen molar-refractivity contribution < 1.29 is 8.42 Å². The normalized spacial score (nSPS) is 20.9. The zero-order valence-electron chi connectivity index (χ0n) is 14.6. The highest BCUT2D eigenvalue weighted by molar-refractivity contribution is 7.89.